The van der Waals surface area contributed by atoms with Gasteiger partial charge in [0.25, 0.3) is 17.7 Å². The third-order valence-corrected chi connectivity index (χ3v) is 13.6. The van der Waals surface area contributed by atoms with Gasteiger partial charge in [0.15, 0.2) is 0 Å². The molecule has 2 saturated heterocycles. The molecule has 7 rings (SSSR count). The Morgan fingerprint density at radius 2 is 1.97 bits per heavy atom. The van der Waals surface area contributed by atoms with Crippen LogP contribution >= 0.6 is 11.3 Å². The summed E-state index contributed by atoms with van der Waals surface area (Å²) in [6, 6.07) is 8.76. The Balaban J connectivity index is 1.17. The molecule has 16 nitrogen and oxygen atoms in total. The third kappa shape index (κ3) is 10.3. The highest BCUT2D eigenvalue weighted by Gasteiger charge is 2.45. The Kier molecular flexibility index (Phi) is 14.4. The number of cyclic esters (lactones) is 1. The number of carbonyl (C=O) groups excluding carboxylic acids is 4. The van der Waals surface area contributed by atoms with E-state index in [1.165, 1.54) is 16.2 Å². The molecule has 3 aliphatic heterocycles. The zero-order valence-corrected chi connectivity index (χ0v) is 40.0. The molecule has 0 radical (unpaired) electrons. The van der Waals surface area contributed by atoms with Gasteiger partial charge in [0.1, 0.15) is 6.04 Å². The number of likely N-dealkylation sites (tertiary alicyclic amines) is 1. The summed E-state index contributed by atoms with van der Waals surface area (Å²) in [5.41, 5.74) is 5.40. The molecular weight excluding hydrogens is 868 g/mol. The molecule has 4 atom stereocenters. The first-order valence-corrected chi connectivity index (χ1v) is 23.2. The Labute approximate surface area is 389 Å². The number of aliphatic hydroxyl groups is 1. The third-order valence-electron chi connectivity index (χ3n) is 12.7. The van der Waals surface area contributed by atoms with E-state index in [2.05, 4.69) is 46.2 Å². The molecule has 1 aromatic carbocycles. The number of aromatic nitrogens is 3. The molecule has 18 heteroatoms. The SMILES string of the molecule is CCn1c(-c2cccnc2[C@H](C)OC)c2c3cc(ccc31)-c1csc(n1)C[C@H](NC(=O)[C@H](F)COC1CN(C(=O)C#CC(C)(C)N(C)C)C1)C(=O)N1CCC[C@@](O)(N1)C(=O)OCC(C)(C)C2. The number of thiazole rings is 1. The lowest BCUT2D eigenvalue weighted by Gasteiger charge is -2.40. The van der Waals surface area contributed by atoms with Gasteiger partial charge in [0.05, 0.1) is 53.1 Å². The standard InChI is InChI=1S/C48H61FN8O8S/c1-10-56-38-15-14-30-21-33(38)34(42(56)32-13-11-19-50-41(32)29(2)63-9)23-46(3,4)28-65-45(61)48(62)17-12-20-57(53-48)44(60)36(22-39-51-37(30)27-66-39)52-43(59)35(49)26-64-31-24-55(25-31)40(58)16-18-47(5,6)54(7)8/h11,13-15,19,21,27,29,31,35-36,53,62H,10,12,17,20,22-26,28H2,1-9H3,(H,52,59)/t29-,35+,36-,48-/m0/s1. The van der Waals surface area contributed by atoms with Gasteiger partial charge in [0.2, 0.25) is 11.9 Å². The number of carbonyl (C=O) groups is 4. The van der Waals surface area contributed by atoms with E-state index in [1.54, 1.807) is 13.3 Å². The van der Waals surface area contributed by atoms with Crippen LogP contribution in [0.25, 0.3) is 33.4 Å². The van der Waals surface area contributed by atoms with Crippen LogP contribution < -0.4 is 10.7 Å². The van der Waals surface area contributed by atoms with Crippen LogP contribution in [0.2, 0.25) is 0 Å². The summed E-state index contributed by atoms with van der Waals surface area (Å²) in [5.74, 6) is 2.50. The van der Waals surface area contributed by atoms with E-state index in [0.717, 1.165) is 44.0 Å². The number of hydrazine groups is 1. The van der Waals surface area contributed by atoms with E-state index in [1.807, 2.05) is 77.2 Å². The van der Waals surface area contributed by atoms with Crippen molar-refractivity contribution in [1.82, 2.24) is 40.1 Å². The van der Waals surface area contributed by atoms with Gasteiger partial charge in [-0.05, 0) is 90.4 Å². The van der Waals surface area contributed by atoms with E-state index in [9.17, 15) is 24.3 Å². The van der Waals surface area contributed by atoms with Crippen molar-refractivity contribution in [3.05, 3.63) is 58.2 Å². The Hall–Kier alpha value is -5.29. The van der Waals surface area contributed by atoms with E-state index >= 15 is 4.39 Å². The highest BCUT2D eigenvalue weighted by molar-refractivity contribution is 7.10. The van der Waals surface area contributed by atoms with Gasteiger partial charge in [-0.2, -0.15) is 5.43 Å². The van der Waals surface area contributed by atoms with Crippen LogP contribution in [0.5, 0.6) is 0 Å². The monoisotopic (exact) mass is 928 g/mol. The average molecular weight is 929 g/mol. The minimum absolute atomic E-state index is 0.0456. The van der Waals surface area contributed by atoms with Gasteiger partial charge in [-0.15, -0.1) is 11.3 Å². The number of ether oxygens (including phenoxy) is 3. The number of methoxy groups -OCH3 is 1. The van der Waals surface area contributed by atoms with Crippen molar-refractivity contribution in [3.63, 3.8) is 0 Å². The summed E-state index contributed by atoms with van der Waals surface area (Å²) in [4.78, 5) is 67.3. The fourth-order valence-electron chi connectivity index (χ4n) is 8.27. The highest BCUT2D eigenvalue weighted by atomic mass is 32.1. The number of pyridine rings is 1. The molecule has 0 aliphatic carbocycles. The maximum absolute atomic E-state index is 15.6. The number of benzene rings is 1. The molecule has 3 amide bonds. The van der Waals surface area contributed by atoms with E-state index in [4.69, 9.17) is 24.2 Å². The molecule has 0 saturated carbocycles. The van der Waals surface area contributed by atoms with Crippen LogP contribution in [-0.4, -0.2) is 142 Å². The van der Waals surface area contributed by atoms with Gasteiger partial charge in [-0.1, -0.05) is 25.8 Å². The minimum Gasteiger partial charge on any atom is -0.462 e. The number of halogens is 1. The molecule has 2 fully saturated rings. The van der Waals surface area contributed by atoms with Gasteiger partial charge < -0.3 is 34.1 Å². The van der Waals surface area contributed by atoms with Crippen LogP contribution in [-0.2, 0) is 52.8 Å². The zero-order valence-electron chi connectivity index (χ0n) is 39.2. The lowest BCUT2D eigenvalue weighted by molar-refractivity contribution is -0.189. The number of aryl methyl sites for hydroxylation is 1. The number of hydrogen-bond acceptors (Lipinski definition) is 13. The van der Waals surface area contributed by atoms with Crippen molar-refractivity contribution < 1.29 is 42.9 Å². The van der Waals surface area contributed by atoms with Crippen molar-refractivity contribution in [2.75, 3.05) is 54.1 Å². The fraction of sp³-hybridized carbons (Fsp3) is 0.542. The second kappa shape index (κ2) is 19.5. The number of amides is 3. The van der Waals surface area contributed by atoms with E-state index in [0.29, 0.717) is 23.7 Å². The summed E-state index contributed by atoms with van der Waals surface area (Å²) in [6.07, 6.45) is -0.662. The molecule has 0 unspecified atom stereocenters. The molecule has 6 bridgehead atoms. The maximum atomic E-state index is 15.6. The largest absolute Gasteiger partial charge is 0.462 e. The summed E-state index contributed by atoms with van der Waals surface area (Å²) in [6.45, 7) is 12.3. The first-order valence-electron chi connectivity index (χ1n) is 22.4. The predicted octanol–water partition coefficient (Wildman–Crippen LogP) is 4.43. The number of rotatable bonds is 10. The Bertz CT molecular complexity index is 2540. The summed E-state index contributed by atoms with van der Waals surface area (Å²) >= 11 is 1.29. The topological polar surface area (TPSA) is 181 Å². The molecule has 0 spiro atoms. The lowest BCUT2D eigenvalue weighted by atomic mass is 9.84. The molecule has 354 valence electrons. The molecule has 3 aromatic heterocycles. The van der Waals surface area contributed by atoms with Crippen LogP contribution in [0.3, 0.4) is 0 Å². The first-order chi connectivity index (χ1) is 31.2. The molecule has 6 heterocycles. The fourth-order valence-corrected chi connectivity index (χ4v) is 9.12. The van der Waals surface area contributed by atoms with Crippen LogP contribution in [0.1, 0.15) is 76.8 Å². The van der Waals surface area contributed by atoms with Crippen LogP contribution in [0.15, 0.2) is 41.9 Å². The number of esters is 1. The molecule has 66 heavy (non-hydrogen) atoms. The van der Waals surface area contributed by atoms with Gasteiger partial charge >= 0.3 is 5.97 Å². The van der Waals surface area contributed by atoms with Gasteiger partial charge in [-0.25, -0.2) is 14.2 Å². The van der Waals surface area contributed by atoms with Crippen molar-refractivity contribution in [1.29, 1.82) is 0 Å². The Morgan fingerprint density at radius 1 is 1.21 bits per heavy atom. The quantitative estimate of drug-likeness (QED) is 0.151. The normalized spacial score (nSPS) is 21.4. The number of nitrogens with zero attached hydrogens (tertiary/aromatic N) is 6. The van der Waals surface area contributed by atoms with Crippen molar-refractivity contribution in [2.24, 2.45) is 5.41 Å². The average Bonchev–Trinajstić information content (AvgIpc) is 3.87. The number of alkyl halides is 1. The molecule has 4 aromatic rings. The molecule has 3 aliphatic rings. The zero-order chi connectivity index (χ0) is 47.7. The van der Waals surface area contributed by atoms with Gasteiger partial charge in [0, 0.05) is 85.2 Å². The summed E-state index contributed by atoms with van der Waals surface area (Å²) in [7, 11) is 5.39. The van der Waals surface area contributed by atoms with E-state index in [-0.39, 0.29) is 57.5 Å². The second-order valence-corrected chi connectivity index (χ2v) is 19.8. The van der Waals surface area contributed by atoms with Crippen molar-refractivity contribution in [2.45, 2.75) is 109 Å². The maximum Gasteiger partial charge on any atom is 0.355 e. The summed E-state index contributed by atoms with van der Waals surface area (Å²) < 4.78 is 35.2. The number of fused-ring (bicyclic) bond motifs is 6. The smallest absolute Gasteiger partial charge is 0.355 e. The van der Waals surface area contributed by atoms with Crippen molar-refractivity contribution >= 4 is 45.9 Å². The second-order valence-electron chi connectivity index (χ2n) is 18.8. The number of hydrogen-bond donors (Lipinski definition) is 3. The summed E-state index contributed by atoms with van der Waals surface area (Å²) in [5, 5.41) is 18.7. The van der Waals surface area contributed by atoms with Crippen LogP contribution in [0.4, 0.5) is 4.39 Å². The van der Waals surface area contributed by atoms with Crippen LogP contribution in [0, 0.1) is 17.3 Å². The van der Waals surface area contributed by atoms with Gasteiger partial charge in [-0.3, -0.25) is 29.3 Å². The Morgan fingerprint density at radius 3 is 2.68 bits per heavy atom. The first kappa shape index (κ1) is 48.6. The predicted molar refractivity (Wildman–Crippen MR) is 247 cm³/mol. The van der Waals surface area contributed by atoms with Crippen molar-refractivity contribution in [3.8, 4) is 34.4 Å². The molecule has 3 N–H and O–H groups in total. The highest BCUT2D eigenvalue weighted by Crippen LogP contribution is 2.42. The number of nitrogens with one attached hydrogen (secondary N) is 2. The molecular formula is C48H61FN8O8S. The lowest BCUT2D eigenvalue weighted by Crippen LogP contribution is -2.67. The minimum atomic E-state index is -2.26. The van der Waals surface area contributed by atoms with E-state index < -0.39 is 59.4 Å².